The first-order chi connectivity index (χ1) is 12.2. The molecule has 4 rings (SSSR count). The molecule has 2 heterocycles. The Labute approximate surface area is 141 Å². The number of nitrogens with one attached hydrogen (secondary N) is 1. The van der Waals surface area contributed by atoms with Crippen molar-refractivity contribution in [2.45, 2.75) is 0 Å². The van der Waals surface area contributed by atoms with Crippen LogP contribution in [0.15, 0.2) is 60.9 Å². The van der Waals surface area contributed by atoms with E-state index in [4.69, 9.17) is 0 Å². The molecule has 0 atom stereocenters. The molecular weight excluding hydrogens is 322 g/mol. The van der Waals surface area contributed by atoms with E-state index in [1.165, 1.54) is 11.0 Å². The molecule has 9 nitrogen and oxygen atoms in total. The summed E-state index contributed by atoms with van der Waals surface area (Å²) in [6.07, 6.45) is 1.25. The molecule has 0 amide bonds. The summed E-state index contributed by atoms with van der Waals surface area (Å²) >= 11 is 0. The van der Waals surface area contributed by atoms with Gasteiger partial charge in [-0.1, -0.05) is 35.5 Å². The Morgan fingerprint density at radius 2 is 1.76 bits per heavy atom. The first-order valence-corrected chi connectivity index (χ1v) is 7.36. The summed E-state index contributed by atoms with van der Waals surface area (Å²) < 4.78 is 1.34. The van der Waals surface area contributed by atoms with E-state index in [9.17, 15) is 10.1 Å². The lowest BCUT2D eigenvalue weighted by atomic mass is 10.3. The fourth-order valence-corrected chi connectivity index (χ4v) is 2.47. The predicted molar refractivity (Wildman–Crippen MR) is 90.8 cm³/mol. The van der Waals surface area contributed by atoms with E-state index in [1.54, 1.807) is 30.3 Å². The smallest absolute Gasteiger partial charge is 0.334 e. The number of nitrogens with zero attached hydrogens (tertiary/aromatic N) is 6. The number of hydrogen-bond donors (Lipinski definition) is 1. The topological polar surface area (TPSA) is 112 Å². The maximum absolute atomic E-state index is 11.7. The van der Waals surface area contributed by atoms with Gasteiger partial charge in [0.1, 0.15) is 11.8 Å². The van der Waals surface area contributed by atoms with Crippen molar-refractivity contribution < 1.29 is 4.92 Å². The summed E-state index contributed by atoms with van der Waals surface area (Å²) in [6, 6.07) is 16.2. The maximum atomic E-state index is 11.7. The first-order valence-electron chi connectivity index (χ1n) is 7.36. The number of rotatable bonds is 4. The quantitative estimate of drug-likeness (QED) is 0.451. The Balaban J connectivity index is 1.89. The molecule has 9 heteroatoms. The van der Waals surface area contributed by atoms with Gasteiger partial charge in [0, 0.05) is 5.69 Å². The summed E-state index contributed by atoms with van der Waals surface area (Å²) in [5.41, 5.74) is 1.64. The lowest BCUT2D eigenvalue weighted by molar-refractivity contribution is -0.384. The molecule has 1 N–H and O–H groups in total. The highest BCUT2D eigenvalue weighted by Gasteiger charge is 2.26. The average molecular weight is 333 g/mol. The van der Waals surface area contributed by atoms with Crippen LogP contribution in [0.25, 0.3) is 16.9 Å². The second kappa shape index (κ2) is 5.96. The van der Waals surface area contributed by atoms with Gasteiger partial charge in [-0.3, -0.25) is 10.1 Å². The molecule has 25 heavy (non-hydrogen) atoms. The van der Waals surface area contributed by atoms with Crippen molar-refractivity contribution in [2.24, 2.45) is 0 Å². The van der Waals surface area contributed by atoms with Gasteiger partial charge >= 0.3 is 5.69 Å². The van der Waals surface area contributed by atoms with Gasteiger partial charge in [-0.2, -0.15) is 4.68 Å². The predicted octanol–water partition coefficient (Wildman–Crippen LogP) is 2.86. The van der Waals surface area contributed by atoms with Crippen molar-refractivity contribution in [3.8, 4) is 5.82 Å². The van der Waals surface area contributed by atoms with Crippen molar-refractivity contribution >= 4 is 28.2 Å². The van der Waals surface area contributed by atoms with Crippen molar-refractivity contribution in [3.63, 3.8) is 0 Å². The van der Waals surface area contributed by atoms with Gasteiger partial charge in [0.25, 0.3) is 0 Å². The zero-order valence-corrected chi connectivity index (χ0v) is 12.8. The molecule has 2 aromatic heterocycles. The number of hydrogen-bond acceptors (Lipinski definition) is 7. The minimum absolute atomic E-state index is 0.0483. The van der Waals surface area contributed by atoms with Crippen LogP contribution < -0.4 is 5.32 Å². The van der Waals surface area contributed by atoms with Crippen molar-refractivity contribution in [1.29, 1.82) is 0 Å². The van der Waals surface area contributed by atoms with Gasteiger partial charge in [-0.05, 0) is 24.3 Å². The number of benzene rings is 2. The standard InChI is InChI=1S/C16H11N7O2/c24-23(25)14-15(19-11-6-2-1-3-7-11)17-10-18-16(14)22-13-9-5-4-8-12(13)20-21-22/h1-10H,(H,17,18,19). The number of nitro groups is 1. The zero-order chi connectivity index (χ0) is 17.2. The maximum Gasteiger partial charge on any atom is 0.356 e. The third-order valence-corrected chi connectivity index (χ3v) is 3.57. The van der Waals surface area contributed by atoms with E-state index in [1.807, 2.05) is 24.3 Å². The van der Waals surface area contributed by atoms with Crippen molar-refractivity contribution in [3.05, 3.63) is 71.0 Å². The van der Waals surface area contributed by atoms with Gasteiger partial charge in [0.15, 0.2) is 0 Å². The van der Waals surface area contributed by atoms with Gasteiger partial charge < -0.3 is 5.32 Å². The van der Waals surface area contributed by atoms with E-state index in [2.05, 4.69) is 25.6 Å². The Kier molecular flexibility index (Phi) is 3.51. The SMILES string of the molecule is O=[N+]([O-])c1c(Nc2ccccc2)ncnc1-n1nnc2ccccc21. The molecule has 0 saturated heterocycles. The molecule has 122 valence electrons. The molecule has 2 aromatic carbocycles. The minimum Gasteiger partial charge on any atom is -0.334 e. The monoisotopic (exact) mass is 333 g/mol. The molecule has 0 aliphatic rings. The first kappa shape index (κ1) is 14.7. The van der Waals surface area contributed by atoms with Crippen LogP contribution in [0, 0.1) is 10.1 Å². The third-order valence-electron chi connectivity index (χ3n) is 3.57. The van der Waals surface area contributed by atoms with Gasteiger partial charge in [-0.25, -0.2) is 9.97 Å². The van der Waals surface area contributed by atoms with E-state index in [0.717, 1.165) is 0 Å². The molecule has 0 spiro atoms. The number of anilines is 2. The zero-order valence-electron chi connectivity index (χ0n) is 12.8. The van der Waals surface area contributed by atoms with Gasteiger partial charge in [-0.15, -0.1) is 5.10 Å². The van der Waals surface area contributed by atoms with E-state index < -0.39 is 4.92 Å². The molecular formula is C16H11N7O2. The van der Waals surface area contributed by atoms with Crippen molar-refractivity contribution in [2.75, 3.05) is 5.32 Å². The summed E-state index contributed by atoms with van der Waals surface area (Å²) in [6.45, 7) is 0. The summed E-state index contributed by atoms with van der Waals surface area (Å²) in [5.74, 6) is 0.132. The normalized spacial score (nSPS) is 10.7. The highest BCUT2D eigenvalue weighted by atomic mass is 16.6. The van der Waals surface area contributed by atoms with Crippen LogP contribution in [0.2, 0.25) is 0 Å². The van der Waals surface area contributed by atoms with E-state index in [0.29, 0.717) is 16.7 Å². The average Bonchev–Trinajstić information content (AvgIpc) is 3.06. The fourth-order valence-electron chi connectivity index (χ4n) is 2.47. The highest BCUT2D eigenvalue weighted by Crippen LogP contribution is 2.30. The van der Waals surface area contributed by atoms with Crippen LogP contribution >= 0.6 is 0 Å². The molecule has 0 unspecified atom stereocenters. The van der Waals surface area contributed by atoms with E-state index in [-0.39, 0.29) is 17.3 Å². The van der Waals surface area contributed by atoms with Crippen molar-refractivity contribution in [1.82, 2.24) is 25.0 Å². The molecule has 4 aromatic rings. The lowest BCUT2D eigenvalue weighted by Crippen LogP contribution is -2.08. The highest BCUT2D eigenvalue weighted by molar-refractivity contribution is 5.78. The molecule has 0 fully saturated rings. The fraction of sp³-hybridized carbons (Fsp3) is 0. The summed E-state index contributed by atoms with van der Waals surface area (Å²) in [7, 11) is 0. The van der Waals surface area contributed by atoms with Gasteiger partial charge in [0.05, 0.1) is 10.4 Å². The molecule has 0 aliphatic heterocycles. The van der Waals surface area contributed by atoms with Crippen LogP contribution in [0.3, 0.4) is 0 Å². The second-order valence-corrected chi connectivity index (χ2v) is 5.13. The van der Waals surface area contributed by atoms with Crippen LogP contribution in [-0.4, -0.2) is 29.9 Å². The summed E-state index contributed by atoms with van der Waals surface area (Å²) in [5, 5.41) is 22.7. The lowest BCUT2D eigenvalue weighted by Gasteiger charge is -2.08. The molecule has 0 aliphatic carbocycles. The summed E-state index contributed by atoms with van der Waals surface area (Å²) in [4.78, 5) is 19.2. The second-order valence-electron chi connectivity index (χ2n) is 5.13. The van der Waals surface area contributed by atoms with Gasteiger partial charge in [0.2, 0.25) is 11.6 Å². The molecule has 0 bridgehead atoms. The Bertz CT molecular complexity index is 1060. The Morgan fingerprint density at radius 3 is 2.56 bits per heavy atom. The number of para-hydroxylation sites is 2. The minimum atomic E-state index is -0.531. The molecule has 0 radical (unpaired) electrons. The van der Waals surface area contributed by atoms with Crippen LogP contribution in [0.4, 0.5) is 17.2 Å². The van der Waals surface area contributed by atoms with E-state index >= 15 is 0 Å². The van der Waals surface area contributed by atoms with Crippen LogP contribution in [0.5, 0.6) is 0 Å². The largest absolute Gasteiger partial charge is 0.356 e. The molecule has 0 saturated carbocycles. The number of aromatic nitrogens is 5. The Hall–Kier alpha value is -3.88. The van der Waals surface area contributed by atoms with Crippen LogP contribution in [-0.2, 0) is 0 Å². The van der Waals surface area contributed by atoms with Crippen LogP contribution in [0.1, 0.15) is 0 Å². The third kappa shape index (κ3) is 2.63. The Morgan fingerprint density at radius 1 is 1.00 bits per heavy atom. The number of fused-ring (bicyclic) bond motifs is 1.